The van der Waals surface area contributed by atoms with Gasteiger partial charge < -0.3 is 9.80 Å². The summed E-state index contributed by atoms with van der Waals surface area (Å²) in [7, 11) is 1.68. The normalized spacial score (nSPS) is 20.3. The van der Waals surface area contributed by atoms with E-state index in [1.165, 1.54) is 0 Å². The van der Waals surface area contributed by atoms with Gasteiger partial charge in [0.2, 0.25) is 5.91 Å². The highest BCUT2D eigenvalue weighted by Gasteiger charge is 2.55. The molecular formula is C17H27N3O3. The maximum Gasteiger partial charge on any atom is 0.327 e. The number of hydrogen-bond acceptors (Lipinski definition) is 3. The number of carbonyl (C=O) groups excluding carboxylic acids is 3. The van der Waals surface area contributed by atoms with Crippen molar-refractivity contribution < 1.29 is 14.4 Å². The number of nitrogens with zero attached hydrogens (tertiary/aromatic N) is 3. The van der Waals surface area contributed by atoms with E-state index in [0.717, 1.165) is 29.7 Å². The zero-order valence-corrected chi connectivity index (χ0v) is 14.4. The van der Waals surface area contributed by atoms with Gasteiger partial charge in [-0.05, 0) is 26.7 Å². The Kier molecular flexibility index (Phi) is 5.12. The Morgan fingerprint density at radius 3 is 2.39 bits per heavy atom. The highest BCUT2D eigenvalue weighted by atomic mass is 16.2. The standard InChI is InChI=1S/C17H27N3O3/c1-5-19(11-13(2)3)14(21)12-20-15(22)17(18(4)16(20)23)9-7-6-8-10-17/h2,5-12H2,1,3-4H3. The number of amides is 4. The molecule has 2 fully saturated rings. The third-order valence-corrected chi connectivity index (χ3v) is 4.97. The summed E-state index contributed by atoms with van der Waals surface area (Å²) in [6.45, 7) is 8.36. The van der Waals surface area contributed by atoms with Crippen molar-refractivity contribution in [2.24, 2.45) is 0 Å². The molecule has 1 heterocycles. The Morgan fingerprint density at radius 1 is 1.26 bits per heavy atom. The summed E-state index contributed by atoms with van der Waals surface area (Å²) in [5.41, 5.74) is 0.154. The monoisotopic (exact) mass is 321 g/mol. The number of hydrogen-bond donors (Lipinski definition) is 0. The highest BCUT2D eigenvalue weighted by molar-refractivity contribution is 6.08. The van der Waals surface area contributed by atoms with Gasteiger partial charge in [0.05, 0.1) is 0 Å². The Bertz CT molecular complexity index is 523. The number of carbonyl (C=O) groups is 3. The molecule has 1 spiro atoms. The van der Waals surface area contributed by atoms with Crippen LogP contribution in [0.5, 0.6) is 0 Å². The summed E-state index contributed by atoms with van der Waals surface area (Å²) < 4.78 is 0. The molecule has 23 heavy (non-hydrogen) atoms. The highest BCUT2D eigenvalue weighted by Crippen LogP contribution is 2.39. The summed E-state index contributed by atoms with van der Waals surface area (Å²) in [6.07, 6.45) is 4.38. The third kappa shape index (κ3) is 3.12. The van der Waals surface area contributed by atoms with Gasteiger partial charge in [-0.2, -0.15) is 0 Å². The fourth-order valence-electron chi connectivity index (χ4n) is 3.61. The summed E-state index contributed by atoms with van der Waals surface area (Å²) in [5.74, 6) is -0.414. The average molecular weight is 321 g/mol. The number of rotatable bonds is 5. The predicted molar refractivity (Wildman–Crippen MR) is 87.8 cm³/mol. The largest absolute Gasteiger partial charge is 0.337 e. The van der Waals surface area contributed by atoms with Crippen LogP contribution in [0.3, 0.4) is 0 Å². The maximum absolute atomic E-state index is 12.8. The first-order valence-corrected chi connectivity index (χ1v) is 8.35. The molecule has 0 radical (unpaired) electrons. The Hall–Kier alpha value is -1.85. The van der Waals surface area contributed by atoms with Crippen molar-refractivity contribution in [1.29, 1.82) is 0 Å². The van der Waals surface area contributed by atoms with Crippen LogP contribution in [0.2, 0.25) is 0 Å². The Labute approximate surface area is 138 Å². The van der Waals surface area contributed by atoms with E-state index in [4.69, 9.17) is 0 Å². The van der Waals surface area contributed by atoms with Crippen LogP contribution in [0.15, 0.2) is 12.2 Å². The van der Waals surface area contributed by atoms with Crippen LogP contribution in [-0.4, -0.2) is 64.8 Å². The first kappa shape index (κ1) is 17.5. The second kappa shape index (κ2) is 6.72. The predicted octanol–water partition coefficient (Wildman–Crippen LogP) is 2.01. The zero-order chi connectivity index (χ0) is 17.2. The van der Waals surface area contributed by atoms with Crippen LogP contribution in [0.4, 0.5) is 4.79 Å². The molecule has 0 aromatic heterocycles. The molecule has 2 aliphatic rings. The van der Waals surface area contributed by atoms with E-state index >= 15 is 0 Å². The first-order valence-electron chi connectivity index (χ1n) is 8.35. The van der Waals surface area contributed by atoms with Gasteiger partial charge in [-0.1, -0.05) is 31.4 Å². The zero-order valence-electron chi connectivity index (χ0n) is 14.4. The molecule has 0 bridgehead atoms. The summed E-state index contributed by atoms with van der Waals surface area (Å²) in [6, 6.07) is -0.350. The minimum absolute atomic E-state index is 0.176. The molecule has 4 amide bonds. The topological polar surface area (TPSA) is 60.9 Å². The number of urea groups is 1. The second-order valence-corrected chi connectivity index (χ2v) is 6.69. The quantitative estimate of drug-likeness (QED) is 0.575. The molecule has 0 aromatic carbocycles. The van der Waals surface area contributed by atoms with Crippen molar-refractivity contribution in [2.45, 2.75) is 51.5 Å². The molecule has 1 saturated heterocycles. The lowest BCUT2D eigenvalue weighted by molar-refractivity contribution is -0.140. The van der Waals surface area contributed by atoms with Crippen molar-refractivity contribution in [1.82, 2.24) is 14.7 Å². The van der Waals surface area contributed by atoms with E-state index in [9.17, 15) is 14.4 Å². The van der Waals surface area contributed by atoms with Gasteiger partial charge in [0, 0.05) is 20.1 Å². The lowest BCUT2D eigenvalue weighted by Crippen LogP contribution is -2.49. The smallest absolute Gasteiger partial charge is 0.327 e. The summed E-state index contributed by atoms with van der Waals surface area (Å²) >= 11 is 0. The fourth-order valence-corrected chi connectivity index (χ4v) is 3.61. The molecule has 6 heteroatoms. The van der Waals surface area contributed by atoms with E-state index in [-0.39, 0.29) is 24.4 Å². The van der Waals surface area contributed by atoms with Gasteiger partial charge in [-0.15, -0.1) is 0 Å². The molecule has 128 valence electrons. The van der Waals surface area contributed by atoms with Gasteiger partial charge in [0.25, 0.3) is 5.91 Å². The van der Waals surface area contributed by atoms with Crippen LogP contribution in [0.25, 0.3) is 0 Å². The summed E-state index contributed by atoms with van der Waals surface area (Å²) in [4.78, 5) is 42.1. The third-order valence-electron chi connectivity index (χ3n) is 4.97. The van der Waals surface area contributed by atoms with Crippen molar-refractivity contribution in [3.8, 4) is 0 Å². The molecule has 1 aliphatic heterocycles. The van der Waals surface area contributed by atoms with E-state index < -0.39 is 5.54 Å². The second-order valence-electron chi connectivity index (χ2n) is 6.69. The van der Waals surface area contributed by atoms with Crippen molar-refractivity contribution in [3.05, 3.63) is 12.2 Å². The van der Waals surface area contributed by atoms with Gasteiger partial charge in [0.1, 0.15) is 12.1 Å². The van der Waals surface area contributed by atoms with E-state index in [0.29, 0.717) is 25.9 Å². The van der Waals surface area contributed by atoms with Gasteiger partial charge in [-0.3, -0.25) is 14.5 Å². The average Bonchev–Trinajstić information content (AvgIpc) is 2.69. The molecule has 1 saturated carbocycles. The lowest BCUT2D eigenvalue weighted by Gasteiger charge is -2.35. The van der Waals surface area contributed by atoms with Crippen molar-refractivity contribution in [3.63, 3.8) is 0 Å². The molecule has 0 aromatic rings. The molecule has 6 nitrogen and oxygen atoms in total. The SMILES string of the molecule is C=C(C)CN(CC)C(=O)CN1C(=O)N(C)C2(CCCCC2)C1=O. The number of imide groups is 1. The minimum atomic E-state index is -0.721. The van der Waals surface area contributed by atoms with Crippen LogP contribution < -0.4 is 0 Å². The fraction of sp³-hybridized carbons (Fsp3) is 0.706. The van der Waals surface area contributed by atoms with E-state index in [1.807, 2.05) is 13.8 Å². The molecule has 2 rings (SSSR count). The van der Waals surface area contributed by atoms with Gasteiger partial charge in [0.15, 0.2) is 0 Å². The molecule has 1 aliphatic carbocycles. The maximum atomic E-state index is 12.8. The van der Waals surface area contributed by atoms with Crippen LogP contribution in [0, 0.1) is 0 Å². The molecular weight excluding hydrogens is 294 g/mol. The molecule has 0 atom stereocenters. The Morgan fingerprint density at radius 2 is 1.87 bits per heavy atom. The van der Waals surface area contributed by atoms with E-state index in [1.54, 1.807) is 16.8 Å². The van der Waals surface area contributed by atoms with Crippen LogP contribution in [0.1, 0.15) is 46.0 Å². The first-order chi connectivity index (χ1) is 10.8. The molecule has 0 unspecified atom stereocenters. The number of likely N-dealkylation sites (N-methyl/N-ethyl adjacent to an activating group) is 2. The molecule has 0 N–H and O–H groups in total. The summed E-state index contributed by atoms with van der Waals surface area (Å²) in [5, 5.41) is 0. The van der Waals surface area contributed by atoms with Crippen molar-refractivity contribution in [2.75, 3.05) is 26.7 Å². The van der Waals surface area contributed by atoms with Crippen LogP contribution in [-0.2, 0) is 9.59 Å². The van der Waals surface area contributed by atoms with Crippen molar-refractivity contribution >= 4 is 17.8 Å². The van der Waals surface area contributed by atoms with E-state index in [2.05, 4.69) is 6.58 Å². The Balaban J connectivity index is 2.13. The minimum Gasteiger partial charge on any atom is -0.337 e. The van der Waals surface area contributed by atoms with Gasteiger partial charge in [-0.25, -0.2) is 4.79 Å². The van der Waals surface area contributed by atoms with Gasteiger partial charge >= 0.3 is 6.03 Å². The van der Waals surface area contributed by atoms with Crippen LogP contribution >= 0.6 is 0 Å². The lowest BCUT2D eigenvalue weighted by atomic mass is 9.81.